The van der Waals surface area contributed by atoms with Crippen molar-refractivity contribution in [3.8, 4) is 11.8 Å². The lowest BCUT2D eigenvalue weighted by atomic mass is 9.91. The normalized spacial score (nSPS) is 14.5. The van der Waals surface area contributed by atoms with Crippen molar-refractivity contribution in [3.63, 3.8) is 0 Å². The summed E-state index contributed by atoms with van der Waals surface area (Å²) in [5.74, 6) is -0.295. The zero-order chi connectivity index (χ0) is 18.1. The van der Waals surface area contributed by atoms with Gasteiger partial charge in [-0.05, 0) is 24.5 Å². The van der Waals surface area contributed by atoms with Crippen molar-refractivity contribution in [2.75, 3.05) is 5.32 Å². The standard InChI is InChI=1S/C19H14FN5O/c20-14-9-15(12-22-11-14)25-8-5-17(24-25)23-18(26)19(6-7-19)16-4-2-1-3-13(16)10-21/h1-5,8-9,11-12H,6-7H2,(H,23,24,26). The molecule has 4 rings (SSSR count). The van der Waals surface area contributed by atoms with Crippen molar-refractivity contribution in [1.82, 2.24) is 14.8 Å². The molecule has 0 spiro atoms. The highest BCUT2D eigenvalue weighted by atomic mass is 19.1. The average Bonchev–Trinajstić information content (AvgIpc) is 3.35. The average molecular weight is 347 g/mol. The molecule has 0 aliphatic heterocycles. The Labute approximate surface area is 148 Å². The number of amides is 1. The molecule has 0 unspecified atom stereocenters. The van der Waals surface area contributed by atoms with Crippen LogP contribution in [0.2, 0.25) is 0 Å². The molecule has 1 aromatic carbocycles. The number of rotatable bonds is 4. The van der Waals surface area contributed by atoms with Crippen LogP contribution in [0.25, 0.3) is 5.69 Å². The molecule has 0 atom stereocenters. The summed E-state index contributed by atoms with van der Waals surface area (Å²) in [6, 6.07) is 12.2. The first-order valence-electron chi connectivity index (χ1n) is 8.10. The van der Waals surface area contributed by atoms with Gasteiger partial charge in [0.05, 0.1) is 35.1 Å². The van der Waals surface area contributed by atoms with Gasteiger partial charge in [0.15, 0.2) is 5.82 Å². The van der Waals surface area contributed by atoms with Crippen molar-refractivity contribution in [2.45, 2.75) is 18.3 Å². The molecule has 1 amide bonds. The molecule has 26 heavy (non-hydrogen) atoms. The summed E-state index contributed by atoms with van der Waals surface area (Å²) in [6.45, 7) is 0. The molecule has 1 fully saturated rings. The fraction of sp³-hybridized carbons (Fsp3) is 0.158. The largest absolute Gasteiger partial charge is 0.308 e. The Morgan fingerprint density at radius 3 is 2.81 bits per heavy atom. The fourth-order valence-corrected chi connectivity index (χ4v) is 3.04. The van der Waals surface area contributed by atoms with Crippen LogP contribution in [-0.4, -0.2) is 20.7 Å². The lowest BCUT2D eigenvalue weighted by molar-refractivity contribution is -0.118. The van der Waals surface area contributed by atoms with E-state index in [1.54, 1.807) is 24.4 Å². The second kappa shape index (κ2) is 6.08. The maximum absolute atomic E-state index is 13.3. The van der Waals surface area contributed by atoms with Crippen LogP contribution >= 0.6 is 0 Å². The summed E-state index contributed by atoms with van der Waals surface area (Å²) in [7, 11) is 0. The number of hydrogen-bond acceptors (Lipinski definition) is 4. The van der Waals surface area contributed by atoms with Gasteiger partial charge in [0.25, 0.3) is 0 Å². The lowest BCUT2D eigenvalue weighted by Gasteiger charge is -2.16. The molecule has 6 nitrogen and oxygen atoms in total. The van der Waals surface area contributed by atoms with E-state index in [0.29, 0.717) is 29.9 Å². The van der Waals surface area contributed by atoms with E-state index >= 15 is 0 Å². The van der Waals surface area contributed by atoms with Gasteiger partial charge in [0, 0.05) is 18.3 Å². The van der Waals surface area contributed by atoms with Gasteiger partial charge in [0.2, 0.25) is 5.91 Å². The number of carbonyl (C=O) groups excluding carboxylic acids is 1. The lowest BCUT2D eigenvalue weighted by Crippen LogP contribution is -2.28. The van der Waals surface area contributed by atoms with Crippen LogP contribution in [0.15, 0.2) is 55.0 Å². The molecule has 0 saturated heterocycles. The van der Waals surface area contributed by atoms with Crippen LogP contribution in [0.4, 0.5) is 10.2 Å². The van der Waals surface area contributed by atoms with Gasteiger partial charge in [0.1, 0.15) is 5.82 Å². The molecular formula is C19H14FN5O. The number of aromatic nitrogens is 3. The number of hydrogen-bond donors (Lipinski definition) is 1. The van der Waals surface area contributed by atoms with Gasteiger partial charge in [-0.2, -0.15) is 10.4 Å². The maximum Gasteiger partial charge on any atom is 0.236 e. The Kier molecular flexibility index (Phi) is 3.73. The number of nitrogens with zero attached hydrogens (tertiary/aromatic N) is 4. The van der Waals surface area contributed by atoms with Gasteiger partial charge < -0.3 is 5.32 Å². The van der Waals surface area contributed by atoms with Gasteiger partial charge in [-0.3, -0.25) is 9.78 Å². The van der Waals surface area contributed by atoms with E-state index < -0.39 is 11.2 Å². The van der Waals surface area contributed by atoms with Crippen LogP contribution in [0, 0.1) is 17.1 Å². The second-order valence-electron chi connectivity index (χ2n) is 6.20. The van der Waals surface area contributed by atoms with Crippen molar-refractivity contribution in [2.24, 2.45) is 0 Å². The minimum atomic E-state index is -0.684. The molecule has 1 saturated carbocycles. The summed E-state index contributed by atoms with van der Waals surface area (Å²) in [5, 5.41) is 16.4. The highest BCUT2D eigenvalue weighted by Crippen LogP contribution is 2.50. The van der Waals surface area contributed by atoms with Crippen molar-refractivity contribution >= 4 is 11.7 Å². The summed E-state index contributed by atoms with van der Waals surface area (Å²) in [4.78, 5) is 16.6. The second-order valence-corrected chi connectivity index (χ2v) is 6.20. The summed E-state index contributed by atoms with van der Waals surface area (Å²) < 4.78 is 14.7. The van der Waals surface area contributed by atoms with Crippen LogP contribution in [0.5, 0.6) is 0 Å². The molecule has 3 aromatic rings. The third-order valence-electron chi connectivity index (χ3n) is 4.53. The number of anilines is 1. The minimum absolute atomic E-state index is 0.192. The van der Waals surface area contributed by atoms with Crippen molar-refractivity contribution in [3.05, 3.63) is 71.9 Å². The molecular weight excluding hydrogens is 333 g/mol. The van der Waals surface area contributed by atoms with Crippen LogP contribution in [-0.2, 0) is 10.2 Å². The monoisotopic (exact) mass is 347 g/mol. The number of halogens is 1. The number of carbonyl (C=O) groups is 1. The molecule has 0 bridgehead atoms. The predicted octanol–water partition coefficient (Wildman–Crippen LogP) is 2.95. The van der Waals surface area contributed by atoms with E-state index in [0.717, 1.165) is 11.8 Å². The van der Waals surface area contributed by atoms with E-state index in [1.165, 1.54) is 16.9 Å². The molecule has 128 valence electrons. The number of pyridine rings is 1. The summed E-state index contributed by atoms with van der Waals surface area (Å²) in [5.41, 5.74) is 1.03. The third kappa shape index (κ3) is 2.71. The van der Waals surface area contributed by atoms with Crippen molar-refractivity contribution < 1.29 is 9.18 Å². The zero-order valence-corrected chi connectivity index (χ0v) is 13.7. The number of nitriles is 1. The third-order valence-corrected chi connectivity index (χ3v) is 4.53. The molecule has 7 heteroatoms. The Bertz CT molecular complexity index is 1030. The first-order valence-corrected chi connectivity index (χ1v) is 8.10. The molecule has 2 aromatic heterocycles. The minimum Gasteiger partial charge on any atom is -0.308 e. The van der Waals surface area contributed by atoms with Crippen LogP contribution in [0.1, 0.15) is 24.0 Å². The van der Waals surface area contributed by atoms with Gasteiger partial charge >= 0.3 is 0 Å². The van der Waals surface area contributed by atoms with E-state index in [1.807, 2.05) is 12.1 Å². The smallest absolute Gasteiger partial charge is 0.236 e. The topological polar surface area (TPSA) is 83.6 Å². The Morgan fingerprint density at radius 1 is 1.27 bits per heavy atom. The Balaban J connectivity index is 1.57. The Morgan fingerprint density at radius 2 is 2.08 bits per heavy atom. The summed E-state index contributed by atoms with van der Waals surface area (Å²) >= 11 is 0. The van der Waals surface area contributed by atoms with E-state index in [2.05, 4.69) is 21.5 Å². The van der Waals surface area contributed by atoms with Gasteiger partial charge in [-0.25, -0.2) is 9.07 Å². The van der Waals surface area contributed by atoms with E-state index in [4.69, 9.17) is 0 Å². The molecule has 1 N–H and O–H groups in total. The maximum atomic E-state index is 13.3. The molecule has 2 heterocycles. The van der Waals surface area contributed by atoms with E-state index in [-0.39, 0.29) is 5.91 Å². The summed E-state index contributed by atoms with van der Waals surface area (Å²) in [6.07, 6.45) is 5.58. The Hall–Kier alpha value is -3.53. The number of benzene rings is 1. The highest BCUT2D eigenvalue weighted by molar-refractivity contribution is 6.01. The predicted molar refractivity (Wildman–Crippen MR) is 92.0 cm³/mol. The molecule has 1 aliphatic rings. The highest BCUT2D eigenvalue weighted by Gasteiger charge is 2.52. The molecule has 0 radical (unpaired) electrons. The zero-order valence-electron chi connectivity index (χ0n) is 13.7. The van der Waals surface area contributed by atoms with Crippen LogP contribution in [0.3, 0.4) is 0 Å². The van der Waals surface area contributed by atoms with E-state index in [9.17, 15) is 14.4 Å². The fourth-order valence-electron chi connectivity index (χ4n) is 3.04. The van der Waals surface area contributed by atoms with Crippen molar-refractivity contribution in [1.29, 1.82) is 5.26 Å². The van der Waals surface area contributed by atoms with Gasteiger partial charge in [-0.15, -0.1) is 0 Å². The van der Waals surface area contributed by atoms with Gasteiger partial charge in [-0.1, -0.05) is 18.2 Å². The number of nitrogens with one attached hydrogen (secondary N) is 1. The quantitative estimate of drug-likeness (QED) is 0.786. The first kappa shape index (κ1) is 16.0. The molecule has 1 aliphatic carbocycles. The SMILES string of the molecule is N#Cc1ccccc1C1(C(=O)Nc2ccn(-c3cncc(F)c3)n2)CC1. The van der Waals surface area contributed by atoms with Crippen LogP contribution < -0.4 is 5.32 Å². The first-order chi connectivity index (χ1) is 12.6.